The van der Waals surface area contributed by atoms with Gasteiger partial charge in [0.1, 0.15) is 5.69 Å². The molecule has 0 bridgehead atoms. The van der Waals surface area contributed by atoms with Gasteiger partial charge in [-0.05, 0) is 49.3 Å². The molecule has 2 amide bonds. The van der Waals surface area contributed by atoms with E-state index in [1.165, 1.54) is 11.3 Å². The number of amides is 2. The van der Waals surface area contributed by atoms with Gasteiger partial charge in [-0.1, -0.05) is 6.07 Å². The van der Waals surface area contributed by atoms with Crippen LogP contribution in [-0.2, 0) is 16.6 Å². The first kappa shape index (κ1) is 22.1. The quantitative estimate of drug-likeness (QED) is 0.488. The Bertz CT molecular complexity index is 846. The molecule has 0 spiro atoms. The monoisotopic (exact) mass is 431 g/mol. The number of rotatable bonds is 9. The van der Waals surface area contributed by atoms with E-state index in [0.717, 1.165) is 25.8 Å². The molecule has 162 valence electrons. The number of carbonyl (C=O) groups excluding carboxylic acids is 3. The van der Waals surface area contributed by atoms with E-state index in [-0.39, 0.29) is 30.2 Å². The molecule has 2 aromatic rings. The number of thiophene rings is 1. The number of nitrogens with one attached hydrogen (secondary N) is 1. The highest BCUT2D eigenvalue weighted by Gasteiger charge is 2.28. The Morgan fingerprint density at radius 3 is 2.83 bits per heavy atom. The van der Waals surface area contributed by atoms with Crippen molar-refractivity contribution in [3.05, 3.63) is 46.4 Å². The number of ether oxygens (including phenoxy) is 1. The topological polar surface area (TPSA) is 80.6 Å². The maximum Gasteiger partial charge on any atom is 0.305 e. The highest BCUT2D eigenvalue weighted by atomic mass is 32.1. The normalized spacial score (nSPS) is 16.3. The van der Waals surface area contributed by atoms with Gasteiger partial charge in [-0.25, -0.2) is 0 Å². The molecule has 2 aromatic heterocycles. The number of aryl methyl sites for hydroxylation is 1. The van der Waals surface area contributed by atoms with Crippen molar-refractivity contribution in [1.29, 1.82) is 0 Å². The van der Waals surface area contributed by atoms with E-state index in [1.54, 1.807) is 6.07 Å². The maximum absolute atomic E-state index is 12.9. The number of aromatic nitrogens is 1. The number of piperidine rings is 1. The van der Waals surface area contributed by atoms with Crippen molar-refractivity contribution < 1.29 is 19.1 Å². The van der Waals surface area contributed by atoms with E-state index >= 15 is 0 Å². The van der Waals surface area contributed by atoms with Crippen LogP contribution >= 0.6 is 11.3 Å². The van der Waals surface area contributed by atoms with E-state index in [0.29, 0.717) is 36.6 Å². The molecule has 3 heterocycles. The van der Waals surface area contributed by atoms with Crippen LogP contribution in [0, 0.1) is 0 Å². The third-order valence-corrected chi connectivity index (χ3v) is 6.22. The summed E-state index contributed by atoms with van der Waals surface area (Å²) in [7, 11) is 1.87. The minimum atomic E-state index is -0.267. The molecule has 0 aromatic carbocycles. The molecule has 0 unspecified atom stereocenters. The highest BCUT2D eigenvalue weighted by Crippen LogP contribution is 2.22. The smallest absolute Gasteiger partial charge is 0.305 e. The molecule has 3 rings (SSSR count). The summed E-state index contributed by atoms with van der Waals surface area (Å²) in [6, 6.07) is 7.41. The van der Waals surface area contributed by atoms with E-state index in [9.17, 15) is 14.4 Å². The number of carbonyl (C=O) groups is 3. The maximum atomic E-state index is 12.9. The number of nitrogens with zero attached hydrogens (tertiary/aromatic N) is 2. The Morgan fingerprint density at radius 1 is 1.23 bits per heavy atom. The van der Waals surface area contributed by atoms with Gasteiger partial charge in [-0.15, -0.1) is 11.3 Å². The van der Waals surface area contributed by atoms with Crippen molar-refractivity contribution >= 4 is 29.1 Å². The van der Waals surface area contributed by atoms with Crippen LogP contribution in [0.25, 0.3) is 0 Å². The fourth-order valence-electron chi connectivity index (χ4n) is 3.71. The molecule has 7 nitrogen and oxygen atoms in total. The predicted molar refractivity (Wildman–Crippen MR) is 116 cm³/mol. The molecular weight excluding hydrogens is 402 g/mol. The fourth-order valence-corrected chi connectivity index (χ4v) is 4.35. The molecule has 1 N–H and O–H groups in total. The summed E-state index contributed by atoms with van der Waals surface area (Å²) >= 11 is 1.39. The molecule has 0 saturated carbocycles. The second kappa shape index (κ2) is 11.0. The highest BCUT2D eigenvalue weighted by molar-refractivity contribution is 7.12. The molecule has 0 radical (unpaired) electrons. The van der Waals surface area contributed by atoms with E-state index < -0.39 is 0 Å². The van der Waals surface area contributed by atoms with Crippen LogP contribution in [0.15, 0.2) is 35.8 Å². The lowest BCUT2D eigenvalue weighted by atomic mass is 9.99. The lowest BCUT2D eigenvalue weighted by Gasteiger charge is -2.35. The molecule has 8 heteroatoms. The third kappa shape index (κ3) is 5.95. The van der Waals surface area contributed by atoms with Gasteiger partial charge in [0.2, 0.25) is 0 Å². The molecular formula is C22H29N3O4S. The van der Waals surface area contributed by atoms with Gasteiger partial charge in [0.05, 0.1) is 11.5 Å². The Kier molecular flexibility index (Phi) is 8.07. The SMILES string of the molecule is Cn1cccc1C(=O)N1CCCC[C@@H]1CCOC(=O)CCCNC(=O)c1cccs1. The zero-order valence-electron chi connectivity index (χ0n) is 17.3. The molecule has 1 aliphatic heterocycles. The van der Waals surface area contributed by atoms with Crippen molar-refractivity contribution in [2.75, 3.05) is 19.7 Å². The van der Waals surface area contributed by atoms with E-state index in [4.69, 9.17) is 4.74 Å². The van der Waals surface area contributed by atoms with Gasteiger partial charge in [-0.2, -0.15) is 0 Å². The van der Waals surface area contributed by atoms with Crippen molar-refractivity contribution in [1.82, 2.24) is 14.8 Å². The van der Waals surface area contributed by atoms with Gasteiger partial charge < -0.3 is 19.5 Å². The van der Waals surface area contributed by atoms with Gasteiger partial charge in [-0.3, -0.25) is 14.4 Å². The van der Waals surface area contributed by atoms with Crippen LogP contribution in [0.2, 0.25) is 0 Å². The first-order valence-electron chi connectivity index (χ1n) is 10.5. The van der Waals surface area contributed by atoms with Crippen molar-refractivity contribution in [3.8, 4) is 0 Å². The number of likely N-dealkylation sites (tertiary alicyclic amines) is 1. The van der Waals surface area contributed by atoms with Crippen LogP contribution in [0.5, 0.6) is 0 Å². The van der Waals surface area contributed by atoms with Gasteiger partial charge in [0, 0.05) is 45.2 Å². The van der Waals surface area contributed by atoms with Gasteiger partial charge in [0.15, 0.2) is 0 Å². The van der Waals surface area contributed by atoms with Crippen LogP contribution in [-0.4, -0.2) is 53.0 Å². The number of hydrogen-bond donors (Lipinski definition) is 1. The fraction of sp³-hybridized carbons (Fsp3) is 0.500. The second-order valence-corrected chi connectivity index (χ2v) is 8.45. The minimum absolute atomic E-state index is 0.0417. The van der Waals surface area contributed by atoms with Crippen LogP contribution in [0.4, 0.5) is 0 Å². The summed E-state index contributed by atoms with van der Waals surface area (Å²) in [6.45, 7) is 1.49. The Labute approximate surface area is 181 Å². The number of esters is 1. The van der Waals surface area contributed by atoms with E-state index in [2.05, 4.69) is 5.32 Å². The zero-order chi connectivity index (χ0) is 21.3. The molecule has 30 heavy (non-hydrogen) atoms. The summed E-state index contributed by atoms with van der Waals surface area (Å²) in [5.41, 5.74) is 0.684. The first-order chi connectivity index (χ1) is 14.6. The standard InChI is InChI=1S/C22H29N3O4S/c1-24-13-5-8-18(24)22(28)25-14-3-2-7-17(25)11-15-29-20(26)10-4-12-23-21(27)19-9-6-16-30-19/h5-6,8-9,13,16-17H,2-4,7,10-12,14-15H2,1H3,(H,23,27)/t17-/m1/s1. The molecule has 1 saturated heterocycles. The Morgan fingerprint density at radius 2 is 2.10 bits per heavy atom. The summed E-state index contributed by atoms with van der Waals surface area (Å²) < 4.78 is 7.21. The lowest BCUT2D eigenvalue weighted by Crippen LogP contribution is -2.44. The lowest BCUT2D eigenvalue weighted by molar-refractivity contribution is -0.144. The molecule has 1 aliphatic rings. The average Bonchev–Trinajstić information content (AvgIpc) is 3.43. The number of hydrogen-bond acceptors (Lipinski definition) is 5. The average molecular weight is 432 g/mol. The minimum Gasteiger partial charge on any atom is -0.466 e. The Balaban J connectivity index is 1.36. The van der Waals surface area contributed by atoms with Gasteiger partial charge >= 0.3 is 5.97 Å². The summed E-state index contributed by atoms with van der Waals surface area (Å²) in [6.07, 6.45) is 6.35. The molecule has 0 aliphatic carbocycles. The van der Waals surface area contributed by atoms with Crippen molar-refractivity contribution in [3.63, 3.8) is 0 Å². The third-order valence-electron chi connectivity index (χ3n) is 5.35. The second-order valence-electron chi connectivity index (χ2n) is 7.50. The van der Waals surface area contributed by atoms with Gasteiger partial charge in [0.25, 0.3) is 11.8 Å². The first-order valence-corrected chi connectivity index (χ1v) is 11.3. The largest absolute Gasteiger partial charge is 0.466 e. The van der Waals surface area contributed by atoms with Crippen molar-refractivity contribution in [2.24, 2.45) is 7.05 Å². The van der Waals surface area contributed by atoms with Crippen LogP contribution < -0.4 is 5.32 Å². The summed E-state index contributed by atoms with van der Waals surface area (Å²) in [5, 5.41) is 4.66. The molecule has 1 fully saturated rings. The Hall–Kier alpha value is -2.61. The van der Waals surface area contributed by atoms with E-state index in [1.807, 2.05) is 46.3 Å². The molecule has 1 atom stereocenters. The summed E-state index contributed by atoms with van der Waals surface area (Å²) in [4.78, 5) is 39.3. The van der Waals surface area contributed by atoms with Crippen LogP contribution in [0.1, 0.15) is 58.7 Å². The zero-order valence-corrected chi connectivity index (χ0v) is 18.2. The van der Waals surface area contributed by atoms with Crippen molar-refractivity contribution in [2.45, 2.75) is 44.6 Å². The van der Waals surface area contributed by atoms with Crippen LogP contribution in [0.3, 0.4) is 0 Å². The summed E-state index contributed by atoms with van der Waals surface area (Å²) in [5.74, 6) is -0.338. The predicted octanol–water partition coefficient (Wildman–Crippen LogP) is 3.22.